The molecule has 2 unspecified atom stereocenters. The summed E-state index contributed by atoms with van der Waals surface area (Å²) in [5, 5.41) is 2.50. The number of ether oxygens (including phenoxy) is 3. The standard InChI is InChI=1S/C21H24N2O5S/c1-14(27-20(25)18-13-26-16-9-5-6-10-17(16)28-18)19(24)23(21-22-11-12-29-21)15-7-3-2-4-8-15/h5-6,9-12,14-15,18H,2-4,7-8,13H2,1H3. The van der Waals surface area contributed by atoms with E-state index in [9.17, 15) is 9.59 Å². The molecule has 2 atom stereocenters. The van der Waals surface area contributed by atoms with Gasteiger partial charge in [0.25, 0.3) is 5.91 Å². The van der Waals surface area contributed by atoms with Crippen LogP contribution >= 0.6 is 11.3 Å². The van der Waals surface area contributed by atoms with Crippen molar-refractivity contribution in [3.8, 4) is 11.5 Å². The van der Waals surface area contributed by atoms with Gasteiger partial charge in [-0.15, -0.1) is 11.3 Å². The summed E-state index contributed by atoms with van der Waals surface area (Å²) < 4.78 is 16.7. The van der Waals surface area contributed by atoms with Crippen LogP contribution in [0.3, 0.4) is 0 Å². The van der Waals surface area contributed by atoms with Crippen LogP contribution in [0.4, 0.5) is 5.13 Å². The van der Waals surface area contributed by atoms with Gasteiger partial charge in [0.1, 0.15) is 6.61 Å². The molecule has 7 nitrogen and oxygen atoms in total. The SMILES string of the molecule is CC(OC(=O)C1COc2ccccc2O1)C(=O)N(c1nccs1)C1CCCCC1. The molecule has 2 aromatic rings. The highest BCUT2D eigenvalue weighted by molar-refractivity contribution is 7.13. The minimum Gasteiger partial charge on any atom is -0.485 e. The second kappa shape index (κ2) is 8.82. The lowest BCUT2D eigenvalue weighted by molar-refractivity contribution is -0.163. The fourth-order valence-electron chi connectivity index (χ4n) is 3.74. The lowest BCUT2D eigenvalue weighted by Crippen LogP contribution is -2.48. The van der Waals surface area contributed by atoms with Crippen LogP contribution in [0.5, 0.6) is 11.5 Å². The van der Waals surface area contributed by atoms with Crippen LogP contribution in [0, 0.1) is 0 Å². The van der Waals surface area contributed by atoms with Gasteiger partial charge in [-0.2, -0.15) is 0 Å². The van der Waals surface area contributed by atoms with Crippen molar-refractivity contribution in [2.75, 3.05) is 11.5 Å². The number of aromatic nitrogens is 1. The van der Waals surface area contributed by atoms with Crippen LogP contribution in [0.15, 0.2) is 35.8 Å². The highest BCUT2D eigenvalue weighted by Gasteiger charge is 2.36. The Morgan fingerprint density at radius 2 is 1.97 bits per heavy atom. The van der Waals surface area contributed by atoms with Crippen LogP contribution in [0.2, 0.25) is 0 Å². The van der Waals surface area contributed by atoms with Crippen molar-refractivity contribution in [1.29, 1.82) is 0 Å². The van der Waals surface area contributed by atoms with Gasteiger partial charge >= 0.3 is 5.97 Å². The first-order valence-electron chi connectivity index (χ1n) is 9.95. The first-order chi connectivity index (χ1) is 14.1. The predicted molar refractivity (Wildman–Crippen MR) is 108 cm³/mol. The number of rotatable bonds is 5. The Hall–Kier alpha value is -2.61. The maximum absolute atomic E-state index is 13.2. The van der Waals surface area contributed by atoms with Crippen molar-refractivity contribution in [2.45, 2.75) is 57.3 Å². The van der Waals surface area contributed by atoms with E-state index in [1.807, 2.05) is 11.4 Å². The van der Waals surface area contributed by atoms with E-state index < -0.39 is 18.2 Å². The van der Waals surface area contributed by atoms with Gasteiger partial charge < -0.3 is 14.2 Å². The maximum Gasteiger partial charge on any atom is 0.351 e. The van der Waals surface area contributed by atoms with Gasteiger partial charge in [-0.3, -0.25) is 9.69 Å². The molecule has 4 rings (SSSR count). The molecule has 154 valence electrons. The van der Waals surface area contributed by atoms with Gasteiger partial charge in [-0.25, -0.2) is 9.78 Å². The number of hydrogen-bond donors (Lipinski definition) is 0. The van der Waals surface area contributed by atoms with Gasteiger partial charge in [0.15, 0.2) is 22.7 Å². The van der Waals surface area contributed by atoms with Gasteiger partial charge in [0, 0.05) is 17.6 Å². The Kier molecular flexibility index (Phi) is 5.99. The molecule has 1 aromatic carbocycles. The van der Waals surface area contributed by atoms with Crippen molar-refractivity contribution in [3.05, 3.63) is 35.8 Å². The van der Waals surface area contributed by atoms with Crippen LogP contribution < -0.4 is 14.4 Å². The highest BCUT2D eigenvalue weighted by Crippen LogP contribution is 2.32. The molecular weight excluding hydrogens is 392 g/mol. The number of carbonyl (C=O) groups is 2. The number of esters is 1. The Morgan fingerprint density at radius 1 is 1.21 bits per heavy atom. The molecule has 1 saturated carbocycles. The van der Waals surface area contributed by atoms with E-state index in [1.165, 1.54) is 17.8 Å². The fourth-order valence-corrected chi connectivity index (χ4v) is 4.45. The van der Waals surface area contributed by atoms with E-state index in [0.29, 0.717) is 16.6 Å². The molecule has 8 heteroatoms. The number of nitrogens with zero attached hydrogens (tertiary/aromatic N) is 2. The lowest BCUT2D eigenvalue weighted by atomic mass is 9.94. The highest BCUT2D eigenvalue weighted by atomic mass is 32.1. The van der Waals surface area contributed by atoms with Crippen LogP contribution in [-0.2, 0) is 14.3 Å². The normalized spacial score (nSPS) is 20.0. The number of anilines is 1. The molecule has 0 spiro atoms. The zero-order valence-electron chi connectivity index (χ0n) is 16.3. The Labute approximate surface area is 173 Å². The Bertz CT molecular complexity index is 851. The Morgan fingerprint density at radius 3 is 2.69 bits per heavy atom. The van der Waals surface area contributed by atoms with Gasteiger partial charge in [0.05, 0.1) is 0 Å². The number of para-hydroxylation sites is 2. The van der Waals surface area contributed by atoms with Crippen LogP contribution in [0.1, 0.15) is 39.0 Å². The molecule has 0 radical (unpaired) electrons. The van der Waals surface area contributed by atoms with E-state index in [-0.39, 0.29) is 18.6 Å². The predicted octanol–water partition coefficient (Wildman–Crippen LogP) is 3.58. The van der Waals surface area contributed by atoms with E-state index >= 15 is 0 Å². The molecule has 0 bridgehead atoms. The molecule has 1 fully saturated rings. The summed E-state index contributed by atoms with van der Waals surface area (Å²) in [6, 6.07) is 7.23. The largest absolute Gasteiger partial charge is 0.485 e. The van der Waals surface area contributed by atoms with Crippen LogP contribution in [-0.4, -0.2) is 41.7 Å². The smallest absolute Gasteiger partial charge is 0.351 e. The van der Waals surface area contributed by atoms with Gasteiger partial charge in [-0.05, 0) is 31.9 Å². The summed E-state index contributed by atoms with van der Waals surface area (Å²) in [6.07, 6.45) is 5.06. The van der Waals surface area contributed by atoms with Gasteiger partial charge in [0.2, 0.25) is 6.10 Å². The number of carbonyl (C=O) groups excluding carboxylic acids is 2. The number of hydrogen-bond acceptors (Lipinski definition) is 7. The van der Waals surface area contributed by atoms with Crippen molar-refractivity contribution in [2.24, 2.45) is 0 Å². The lowest BCUT2D eigenvalue weighted by Gasteiger charge is -2.34. The maximum atomic E-state index is 13.2. The van der Waals surface area contributed by atoms with Crippen molar-refractivity contribution in [1.82, 2.24) is 4.98 Å². The molecule has 1 amide bonds. The molecule has 0 saturated heterocycles. The summed E-state index contributed by atoms with van der Waals surface area (Å²) in [6.45, 7) is 1.65. The number of benzene rings is 1. The molecule has 0 N–H and O–H groups in total. The molecule has 2 aliphatic rings. The first-order valence-corrected chi connectivity index (χ1v) is 10.8. The second-order valence-electron chi connectivity index (χ2n) is 7.26. The third-order valence-electron chi connectivity index (χ3n) is 5.21. The quantitative estimate of drug-likeness (QED) is 0.694. The zero-order valence-corrected chi connectivity index (χ0v) is 17.1. The molecule has 29 heavy (non-hydrogen) atoms. The van der Waals surface area contributed by atoms with E-state index in [2.05, 4.69) is 4.98 Å². The summed E-state index contributed by atoms with van der Waals surface area (Å²) in [5.74, 6) is 0.222. The molecular formula is C21H24N2O5S. The topological polar surface area (TPSA) is 78.0 Å². The number of amides is 1. The van der Waals surface area contributed by atoms with Crippen LogP contribution in [0.25, 0.3) is 0 Å². The number of fused-ring (bicyclic) bond motifs is 1. The number of thiazole rings is 1. The molecule has 1 aromatic heterocycles. The molecule has 2 heterocycles. The van der Waals surface area contributed by atoms with E-state index in [1.54, 1.807) is 36.2 Å². The third kappa shape index (κ3) is 4.37. The first kappa shape index (κ1) is 19.7. The summed E-state index contributed by atoms with van der Waals surface area (Å²) in [4.78, 5) is 31.8. The minimum atomic E-state index is -0.936. The third-order valence-corrected chi connectivity index (χ3v) is 5.99. The summed E-state index contributed by atoms with van der Waals surface area (Å²) >= 11 is 1.42. The molecule has 1 aliphatic heterocycles. The Balaban J connectivity index is 1.43. The van der Waals surface area contributed by atoms with Gasteiger partial charge in [-0.1, -0.05) is 31.4 Å². The van der Waals surface area contributed by atoms with Crippen molar-refractivity contribution in [3.63, 3.8) is 0 Å². The summed E-state index contributed by atoms with van der Waals surface area (Å²) in [5.41, 5.74) is 0. The average molecular weight is 416 g/mol. The average Bonchev–Trinajstić information content (AvgIpc) is 3.28. The van der Waals surface area contributed by atoms with Crippen molar-refractivity contribution >= 4 is 28.3 Å². The minimum absolute atomic E-state index is 0.0512. The monoisotopic (exact) mass is 416 g/mol. The zero-order chi connectivity index (χ0) is 20.2. The van der Waals surface area contributed by atoms with Crippen molar-refractivity contribution < 1.29 is 23.8 Å². The summed E-state index contributed by atoms with van der Waals surface area (Å²) in [7, 11) is 0. The second-order valence-corrected chi connectivity index (χ2v) is 8.13. The van der Waals surface area contributed by atoms with E-state index in [0.717, 1.165) is 25.7 Å². The van der Waals surface area contributed by atoms with E-state index in [4.69, 9.17) is 14.2 Å². The molecule has 1 aliphatic carbocycles. The fraction of sp³-hybridized carbons (Fsp3) is 0.476.